The lowest BCUT2D eigenvalue weighted by Gasteiger charge is -2.29. The maximum Gasteiger partial charge on any atom is 0.327 e. The number of amides is 13. The first kappa shape index (κ1) is 89.4. The summed E-state index contributed by atoms with van der Waals surface area (Å²) >= 11 is 7.93. The number of carbonyl (C=O) groups is 18. The zero-order valence-electron chi connectivity index (χ0n) is 57.1. The fraction of sp³-hybridized carbons (Fsp3) is 0.683. The number of primary amides is 1. The van der Waals surface area contributed by atoms with E-state index in [1.165, 1.54) is 4.90 Å². The number of nitrogens with zero attached hydrogens (tertiary/aromatic N) is 3. The van der Waals surface area contributed by atoms with Crippen LogP contribution in [0.4, 0.5) is 0 Å². The molecular weight excluding hydrogens is 1400 g/mol. The van der Waals surface area contributed by atoms with E-state index in [0.29, 0.717) is 6.42 Å². The smallest absolute Gasteiger partial charge is 0.327 e. The maximum atomic E-state index is 14.5. The van der Waals surface area contributed by atoms with Gasteiger partial charge in [-0.05, 0) is 102 Å². The highest BCUT2D eigenvalue weighted by Gasteiger charge is 2.41. The van der Waals surface area contributed by atoms with Gasteiger partial charge in [-0.15, -0.1) is 0 Å². The molecule has 2 saturated heterocycles. The quantitative estimate of drug-likeness (QED) is 0.0116. The number of nitrogens with one attached hydrogen (secondary N) is 10. The van der Waals surface area contributed by atoms with Gasteiger partial charge in [-0.1, -0.05) is 13.8 Å². The van der Waals surface area contributed by atoms with E-state index in [1.807, 2.05) is 0 Å². The van der Waals surface area contributed by atoms with Crippen LogP contribution in [0.25, 0.3) is 0 Å². The van der Waals surface area contributed by atoms with Crippen molar-refractivity contribution in [2.24, 2.45) is 39.6 Å². The van der Waals surface area contributed by atoms with Crippen molar-refractivity contribution in [2.45, 2.75) is 208 Å². The molecule has 0 aliphatic carbocycles. The van der Waals surface area contributed by atoms with Crippen LogP contribution in [-0.2, 0) is 86.3 Å². The molecule has 2 aliphatic heterocycles. The Kier molecular flexibility index (Phi) is 40.0. The first-order valence-corrected chi connectivity index (χ1v) is 34.4. The number of unbranched alkanes of at least 4 members (excludes halogenated alkanes) is 1. The number of nitrogens with two attached hydrogens (primary N) is 5. The molecule has 12 atom stereocenters. The fourth-order valence-corrected chi connectivity index (χ4v) is 11.1. The molecule has 103 heavy (non-hydrogen) atoms. The molecule has 0 radical (unpaired) electrons. The Hall–Kier alpha value is -9.65. The Morgan fingerprint density at radius 1 is 0.466 bits per heavy atom. The molecule has 0 aromatic carbocycles. The molecule has 0 saturated carbocycles. The third-order valence-electron chi connectivity index (χ3n) is 16.1. The van der Waals surface area contributed by atoms with Crippen LogP contribution in [0.1, 0.15) is 136 Å². The predicted molar refractivity (Wildman–Crippen MR) is 367 cm³/mol. The Balaban J connectivity index is 2.52. The third-order valence-corrected chi connectivity index (χ3v) is 16.9. The van der Waals surface area contributed by atoms with Gasteiger partial charge >= 0.3 is 29.8 Å². The van der Waals surface area contributed by atoms with E-state index in [-0.39, 0.29) is 89.7 Å². The molecule has 2 heterocycles. The molecule has 13 amide bonds. The molecule has 41 nitrogen and oxygen atoms in total. The molecule has 0 bridgehead atoms. The standard InChI is InChI=1S/C60H98N18O23S2/c1-29(2)24-37(54(95)71-35(14-18-46(85)86)53(94)76-39(28-103)59(100)101)74-52(93)34(13-17-45(83)84)72-55(96)38(25-42(63)79)75-49(90)32(9-5-21-66-60(64)65)69-48(89)31(8-3-4-20-61)68-50(91)33(12-16-44(81)82)70-51(92)36(15-19-47(87)88)73-57(98)41-11-6-22-77(41)43(80)26-67-56(97)40-10-7-23-78(40)58(99)30(62)27-102/h29-41,102-103H,3-28,61-62H2,1-2H3,(H2,63,79)(H,67,97)(H,68,91)(H,69,89)(H,70,92)(H,71,95)(H,72,96)(H,73,98)(H,74,93)(H,75,90)(H,76,94)(H,81,82)(H,83,84)(H,85,86)(H,87,88)(H,100,101)(H4,64,65,66)/t30-,31-,32-,33-,34-,35-,36-,37-,38-,39-,40-,41-/m0/s1. The number of likely N-dealkylation sites (tertiary alicyclic amines) is 2. The molecule has 0 spiro atoms. The topological polar surface area (TPSA) is 678 Å². The van der Waals surface area contributed by atoms with Crippen LogP contribution in [0, 0.1) is 5.92 Å². The van der Waals surface area contributed by atoms with Gasteiger partial charge in [0, 0.05) is 56.8 Å². The monoisotopic (exact) mass is 1500 g/mol. The van der Waals surface area contributed by atoms with Gasteiger partial charge in [0.2, 0.25) is 76.8 Å². The highest BCUT2D eigenvalue weighted by molar-refractivity contribution is 7.80. The highest BCUT2D eigenvalue weighted by atomic mass is 32.1. The normalized spacial score (nSPS) is 16.9. The second-order valence-electron chi connectivity index (χ2n) is 24.8. The molecule has 0 unspecified atom stereocenters. The van der Waals surface area contributed by atoms with Crippen molar-refractivity contribution in [1.29, 1.82) is 0 Å². The lowest BCUT2D eigenvalue weighted by atomic mass is 10.0. The zero-order chi connectivity index (χ0) is 77.8. The van der Waals surface area contributed by atoms with Gasteiger partial charge in [0.05, 0.1) is 19.0 Å². The number of rotatable bonds is 49. The summed E-state index contributed by atoms with van der Waals surface area (Å²) in [5.41, 5.74) is 28.1. The molecule has 25 N–H and O–H groups in total. The van der Waals surface area contributed by atoms with Crippen molar-refractivity contribution in [3.05, 3.63) is 0 Å². The molecule has 578 valence electrons. The molecule has 0 aromatic heterocycles. The van der Waals surface area contributed by atoms with Gasteiger partial charge in [-0.3, -0.25) is 86.5 Å². The summed E-state index contributed by atoms with van der Waals surface area (Å²) in [4.78, 5) is 244. The number of carboxylic acids is 5. The highest BCUT2D eigenvalue weighted by Crippen LogP contribution is 2.21. The van der Waals surface area contributed by atoms with Crippen LogP contribution in [-0.4, -0.2) is 265 Å². The summed E-state index contributed by atoms with van der Waals surface area (Å²) in [6, 6.07) is -19.1. The third kappa shape index (κ3) is 32.9. The summed E-state index contributed by atoms with van der Waals surface area (Å²) in [5.74, 6) is -22.3. The van der Waals surface area contributed by atoms with Crippen molar-refractivity contribution in [3.63, 3.8) is 0 Å². The van der Waals surface area contributed by atoms with Crippen LogP contribution in [0.15, 0.2) is 4.99 Å². The van der Waals surface area contributed by atoms with Gasteiger partial charge in [-0.25, -0.2) is 4.79 Å². The van der Waals surface area contributed by atoms with E-state index >= 15 is 0 Å². The van der Waals surface area contributed by atoms with E-state index in [1.54, 1.807) is 13.8 Å². The van der Waals surface area contributed by atoms with Crippen molar-refractivity contribution >= 4 is 138 Å². The van der Waals surface area contributed by atoms with Gasteiger partial charge in [0.1, 0.15) is 66.5 Å². The Morgan fingerprint density at radius 2 is 0.835 bits per heavy atom. The number of guanidine groups is 1. The first-order valence-electron chi connectivity index (χ1n) is 33.2. The average molecular weight is 1500 g/mol. The van der Waals surface area contributed by atoms with Gasteiger partial charge in [0.15, 0.2) is 5.96 Å². The van der Waals surface area contributed by atoms with Crippen molar-refractivity contribution < 1.29 is 112 Å². The van der Waals surface area contributed by atoms with Crippen LogP contribution in [0.2, 0.25) is 0 Å². The minimum absolute atomic E-state index is 0.0118. The number of aliphatic carboxylic acids is 5. The Labute approximate surface area is 602 Å². The molecule has 43 heteroatoms. The van der Waals surface area contributed by atoms with Crippen LogP contribution < -0.4 is 81.8 Å². The van der Waals surface area contributed by atoms with E-state index < -0.39 is 261 Å². The number of carbonyl (C=O) groups excluding carboxylic acids is 13. The summed E-state index contributed by atoms with van der Waals surface area (Å²) in [7, 11) is 0. The van der Waals surface area contributed by atoms with E-state index in [2.05, 4.69) is 83.4 Å². The lowest BCUT2D eigenvalue weighted by molar-refractivity contribution is -0.142. The second-order valence-corrected chi connectivity index (χ2v) is 25.5. The minimum atomic E-state index is -2.05. The van der Waals surface area contributed by atoms with Crippen molar-refractivity contribution in [1.82, 2.24) is 63.0 Å². The summed E-state index contributed by atoms with van der Waals surface area (Å²) in [5, 5.41) is 71.2. The number of hydrogen-bond acceptors (Lipinski definition) is 23. The second kappa shape index (κ2) is 46.1. The number of hydrogen-bond donors (Lipinski definition) is 22. The summed E-state index contributed by atoms with van der Waals surface area (Å²) in [6.45, 7) is 2.72. The largest absolute Gasteiger partial charge is 0.481 e. The SMILES string of the molecule is CC(C)C[C@H](NC(=O)[C@H](CCC(=O)O)NC(=O)[C@H](CC(N)=O)NC(=O)[C@H](CCCN=C(N)N)NC(=O)[C@H](CCCCN)NC(=O)[C@H](CCC(=O)O)NC(=O)[C@H](CCC(=O)O)NC(=O)[C@@H]1CCCN1C(=O)CNC(=O)[C@@H]1CCCN1C(=O)[C@@H](N)CS)C(=O)N[C@@H](CCC(=O)O)C(=O)N[C@@H](CS)C(=O)O. The predicted octanol–water partition coefficient (Wildman–Crippen LogP) is -7.72. The molecule has 2 fully saturated rings. The Morgan fingerprint density at radius 3 is 1.22 bits per heavy atom. The zero-order valence-corrected chi connectivity index (χ0v) is 58.9. The first-order chi connectivity index (χ1) is 48.4. The molecular formula is C60H98N18O23S2. The Bertz CT molecular complexity index is 3070. The fourth-order valence-electron chi connectivity index (χ4n) is 10.7. The van der Waals surface area contributed by atoms with E-state index in [0.717, 1.165) is 4.90 Å². The number of thiol groups is 2. The minimum Gasteiger partial charge on any atom is -0.481 e. The van der Waals surface area contributed by atoms with Crippen LogP contribution in [0.3, 0.4) is 0 Å². The van der Waals surface area contributed by atoms with Gasteiger partial charge in [-0.2, -0.15) is 25.3 Å². The maximum absolute atomic E-state index is 14.5. The summed E-state index contributed by atoms with van der Waals surface area (Å²) in [6.07, 6.45) is -6.34. The molecule has 2 rings (SSSR count). The van der Waals surface area contributed by atoms with Crippen LogP contribution in [0.5, 0.6) is 0 Å². The van der Waals surface area contributed by atoms with Gasteiger partial charge < -0.3 is 117 Å². The van der Waals surface area contributed by atoms with E-state index in [4.69, 9.17) is 28.7 Å². The van der Waals surface area contributed by atoms with E-state index in [9.17, 15) is 112 Å². The van der Waals surface area contributed by atoms with Gasteiger partial charge in [0.25, 0.3) is 0 Å². The average Bonchev–Trinajstić information content (AvgIpc) is 1.55. The number of carboxylic acid groups (broad SMARTS) is 5. The summed E-state index contributed by atoms with van der Waals surface area (Å²) < 4.78 is 0. The van der Waals surface area contributed by atoms with Crippen molar-refractivity contribution in [2.75, 3.05) is 44.2 Å². The van der Waals surface area contributed by atoms with Crippen LogP contribution >= 0.6 is 25.3 Å². The molecule has 0 aromatic rings. The molecule has 2 aliphatic rings. The lowest BCUT2D eigenvalue weighted by Crippen LogP contribution is -2.61. The van der Waals surface area contributed by atoms with Crippen molar-refractivity contribution in [3.8, 4) is 0 Å². The number of aliphatic imine (C=N–C) groups is 1.